The first-order valence-corrected chi connectivity index (χ1v) is 15.8. The van der Waals surface area contributed by atoms with E-state index in [1.54, 1.807) is 6.07 Å². The van der Waals surface area contributed by atoms with E-state index in [4.69, 9.17) is 5.73 Å². The summed E-state index contributed by atoms with van der Waals surface area (Å²) in [5, 5.41) is 83.7. The minimum absolute atomic E-state index is 0. The molecule has 0 saturated carbocycles. The van der Waals surface area contributed by atoms with Crippen LogP contribution < -0.4 is 190 Å². The number of aromatic nitrogens is 7. The summed E-state index contributed by atoms with van der Waals surface area (Å²) in [5.41, 5.74) is 4.48. The number of nitrogens with two attached hydrogens (primary N) is 1. The normalized spacial score (nSPS) is 10.1. The number of nitrogens with zero attached hydrogens (tertiary/aromatic N) is 9. The standard InChI is InChI=1S/C32H22N12O10S.5Na/c1-12-21(39-41-32-42-40-23(55-32)13-3-2-4-14(5-13)24(45)46)22(33)44(43-12)31-37-29(34-19-8-15(25(47)48)6-16(9-19)26(49)50)36-30(38-31)35-20-10-17(27(51)52)7-18(11-20)28(53)54;;;;;/h2-11H,33H2,1H3,(H,45,46)(H,47,48)(H,49,50)(H,51,52)(H,53,54)(H2,34,35,36,37,38);;;;;/q;5*+1/p-5. The van der Waals surface area contributed by atoms with E-state index in [0.29, 0.717) is 10.6 Å². The second kappa shape index (κ2) is 23.9. The van der Waals surface area contributed by atoms with Gasteiger partial charge in [-0.15, -0.1) is 20.4 Å². The first-order valence-electron chi connectivity index (χ1n) is 15.0. The van der Waals surface area contributed by atoms with Crippen LogP contribution in [-0.2, 0) is 0 Å². The van der Waals surface area contributed by atoms with Crippen LogP contribution in [0.1, 0.15) is 57.5 Å². The van der Waals surface area contributed by atoms with Crippen LogP contribution in [0.5, 0.6) is 0 Å². The summed E-state index contributed by atoms with van der Waals surface area (Å²) in [4.78, 5) is 70.2. The molecular weight excluding hydrogens is 859 g/mol. The molecule has 3 aromatic carbocycles. The quantitative estimate of drug-likeness (QED) is 0.0716. The minimum atomic E-state index is -1.71. The molecule has 0 aliphatic heterocycles. The van der Waals surface area contributed by atoms with Gasteiger partial charge >= 0.3 is 148 Å². The molecule has 4 N–H and O–H groups in total. The van der Waals surface area contributed by atoms with Crippen LogP contribution in [-0.4, -0.2) is 64.8 Å². The number of hydrogen-bond donors (Lipinski definition) is 3. The van der Waals surface area contributed by atoms with Crippen molar-refractivity contribution in [3.05, 3.63) is 94.2 Å². The Bertz CT molecular complexity index is 2470. The zero-order valence-electron chi connectivity index (χ0n) is 32.4. The smallest absolute Gasteiger partial charge is 0.545 e. The van der Waals surface area contributed by atoms with E-state index in [1.165, 1.54) is 25.1 Å². The predicted octanol–water partition coefficient (Wildman–Crippen LogP) is -16.8. The van der Waals surface area contributed by atoms with E-state index in [2.05, 4.69) is 51.1 Å². The molecule has 6 rings (SSSR count). The largest absolute Gasteiger partial charge is 1.00 e. The fourth-order valence-electron chi connectivity index (χ4n) is 4.76. The number of hydrogen-bond acceptors (Lipinski definition) is 22. The van der Waals surface area contributed by atoms with Crippen LogP contribution in [0.15, 0.2) is 70.9 Å². The third-order valence-electron chi connectivity index (χ3n) is 7.19. The molecule has 3 aromatic heterocycles. The van der Waals surface area contributed by atoms with Gasteiger partial charge in [0.1, 0.15) is 5.01 Å². The van der Waals surface area contributed by atoms with Gasteiger partial charge in [0.2, 0.25) is 11.9 Å². The molecule has 0 fully saturated rings. The van der Waals surface area contributed by atoms with Crippen molar-refractivity contribution in [2.24, 2.45) is 10.2 Å². The van der Waals surface area contributed by atoms with E-state index >= 15 is 0 Å². The number of aryl methyl sites for hydroxylation is 1. The maximum atomic E-state index is 11.6. The van der Waals surface area contributed by atoms with Crippen molar-refractivity contribution in [1.82, 2.24) is 34.9 Å². The average molecular weight is 877 g/mol. The predicted molar refractivity (Wildman–Crippen MR) is 177 cm³/mol. The number of rotatable bonds is 13. The molecule has 0 aliphatic rings. The Labute approximate surface area is 451 Å². The fraction of sp³-hybridized carbons (Fsp3) is 0.0312. The summed E-state index contributed by atoms with van der Waals surface area (Å²) < 4.78 is 0.993. The molecule has 0 aliphatic carbocycles. The van der Waals surface area contributed by atoms with E-state index < -0.39 is 52.1 Å². The molecule has 0 amide bonds. The summed E-state index contributed by atoms with van der Waals surface area (Å²) in [6, 6.07) is 11.5. The number of aromatic carboxylic acids is 5. The molecule has 0 atom stereocenters. The van der Waals surface area contributed by atoms with Crippen LogP contribution in [0.25, 0.3) is 16.5 Å². The molecule has 60 heavy (non-hydrogen) atoms. The molecule has 22 nitrogen and oxygen atoms in total. The second-order valence-electron chi connectivity index (χ2n) is 11.0. The van der Waals surface area contributed by atoms with Gasteiger partial charge in [-0.3, -0.25) is 0 Å². The number of anilines is 5. The molecule has 0 spiro atoms. The SMILES string of the molecule is Cc1nn(-c2nc(Nc3cc(C(=O)[O-])cc(C(=O)[O-])c3)nc(Nc3cc(C(=O)[O-])cc(C(=O)[O-])c3)n2)c(N)c1N=Nc1nnc(-c2cccc(C(=O)[O-])c2)s1.[Na+].[Na+].[Na+].[Na+].[Na+]. The van der Waals surface area contributed by atoms with Crippen molar-refractivity contribution in [2.45, 2.75) is 6.92 Å². The van der Waals surface area contributed by atoms with Crippen LogP contribution in [0.2, 0.25) is 0 Å². The van der Waals surface area contributed by atoms with E-state index in [1.807, 2.05) is 0 Å². The van der Waals surface area contributed by atoms with Gasteiger partial charge in [0, 0.05) is 16.9 Å². The Kier molecular flexibility index (Phi) is 21.8. The Morgan fingerprint density at radius 2 is 1.10 bits per heavy atom. The Balaban J connectivity index is 0.00000360. The maximum Gasteiger partial charge on any atom is 1.00 e. The molecular formula is C32H17N12Na5O10S. The van der Waals surface area contributed by atoms with Crippen molar-refractivity contribution in [1.29, 1.82) is 0 Å². The zero-order valence-corrected chi connectivity index (χ0v) is 43.2. The number of azo groups is 1. The van der Waals surface area contributed by atoms with Gasteiger partial charge < -0.3 is 65.9 Å². The molecule has 0 saturated heterocycles. The van der Waals surface area contributed by atoms with Crippen molar-refractivity contribution in [3.8, 4) is 16.5 Å². The molecule has 3 heterocycles. The van der Waals surface area contributed by atoms with E-state index in [-0.39, 0.29) is 205 Å². The number of nitrogens with one attached hydrogen (secondary N) is 2. The van der Waals surface area contributed by atoms with Crippen molar-refractivity contribution in [2.75, 3.05) is 16.4 Å². The molecule has 6 aromatic rings. The number of benzene rings is 3. The molecule has 0 radical (unpaired) electrons. The van der Waals surface area contributed by atoms with Gasteiger partial charge in [-0.25, -0.2) is 0 Å². The van der Waals surface area contributed by atoms with E-state index in [9.17, 15) is 49.5 Å². The maximum absolute atomic E-state index is 11.6. The van der Waals surface area contributed by atoms with Crippen molar-refractivity contribution in [3.63, 3.8) is 0 Å². The van der Waals surface area contributed by atoms with Crippen LogP contribution >= 0.6 is 11.3 Å². The third kappa shape index (κ3) is 13.4. The Morgan fingerprint density at radius 3 is 1.55 bits per heavy atom. The third-order valence-corrected chi connectivity index (χ3v) is 8.05. The topological polar surface area (TPSA) is 358 Å². The molecule has 28 heteroatoms. The number of nitrogen functional groups attached to an aromatic ring is 1. The summed E-state index contributed by atoms with van der Waals surface area (Å²) in [6.07, 6.45) is 0. The summed E-state index contributed by atoms with van der Waals surface area (Å²) in [7, 11) is 0. The van der Waals surface area contributed by atoms with Crippen LogP contribution in [0.3, 0.4) is 0 Å². The first kappa shape index (κ1) is 54.8. The molecule has 0 bridgehead atoms. The fourth-order valence-corrected chi connectivity index (χ4v) is 5.42. The number of carboxylic acids is 5. The van der Waals surface area contributed by atoms with Gasteiger partial charge in [-0.2, -0.15) is 24.7 Å². The average Bonchev–Trinajstić information content (AvgIpc) is 3.73. The van der Waals surface area contributed by atoms with Crippen LogP contribution in [0, 0.1) is 6.92 Å². The van der Waals surface area contributed by atoms with Gasteiger partial charge in [-0.05, 0) is 77.2 Å². The molecule has 276 valence electrons. The minimum Gasteiger partial charge on any atom is -0.545 e. The van der Waals surface area contributed by atoms with Crippen molar-refractivity contribution < 1.29 is 197 Å². The van der Waals surface area contributed by atoms with Gasteiger partial charge in [-0.1, -0.05) is 29.5 Å². The number of carboxylic acid groups (broad SMARTS) is 5. The summed E-state index contributed by atoms with van der Waals surface area (Å²) >= 11 is 0.981. The second-order valence-corrected chi connectivity index (χ2v) is 11.9. The van der Waals surface area contributed by atoms with Gasteiger partial charge in [0.05, 0.1) is 35.5 Å². The van der Waals surface area contributed by atoms with Crippen molar-refractivity contribution >= 4 is 81.1 Å². The van der Waals surface area contributed by atoms with Crippen LogP contribution in [0.4, 0.5) is 39.9 Å². The molecule has 0 unspecified atom stereocenters. The summed E-state index contributed by atoms with van der Waals surface area (Å²) in [6.45, 7) is 1.51. The first-order chi connectivity index (χ1) is 26.1. The number of carbonyl (C=O) groups excluding carboxylic acids is 5. The van der Waals surface area contributed by atoms with Gasteiger partial charge in [0.25, 0.3) is 11.1 Å². The van der Waals surface area contributed by atoms with Gasteiger partial charge in [0.15, 0.2) is 11.5 Å². The number of carbonyl (C=O) groups is 5. The summed E-state index contributed by atoms with van der Waals surface area (Å²) in [5.74, 6) is -9.52. The zero-order chi connectivity index (χ0) is 39.6. The Hall–Kier alpha value is -3.21. The Morgan fingerprint density at radius 1 is 0.633 bits per heavy atom. The van der Waals surface area contributed by atoms with E-state index in [0.717, 1.165) is 52.4 Å². The monoisotopic (exact) mass is 876 g/mol.